The lowest BCUT2D eigenvalue weighted by atomic mass is 9.99. The van der Waals surface area contributed by atoms with Gasteiger partial charge in [-0.2, -0.15) is 0 Å². The van der Waals surface area contributed by atoms with E-state index in [1.807, 2.05) is 6.08 Å². The first-order valence-electron chi connectivity index (χ1n) is 19.5. The van der Waals surface area contributed by atoms with Crippen LogP contribution in [0.2, 0.25) is 0 Å². The number of nitrogens with one attached hydrogen (secondary N) is 1. The summed E-state index contributed by atoms with van der Waals surface area (Å²) in [4.78, 5) is 12.4. The summed E-state index contributed by atoms with van der Waals surface area (Å²) < 4.78 is 0. The number of hydrogen-bond donors (Lipinski definition) is 3. The predicted molar refractivity (Wildman–Crippen MR) is 207 cm³/mol. The van der Waals surface area contributed by atoms with Gasteiger partial charge in [-0.1, -0.05) is 170 Å². The molecule has 4 heteroatoms. The molecule has 48 heavy (non-hydrogen) atoms. The fraction of sp³-hybridized carbons (Fsp3) is 0.568. The molecule has 4 nitrogen and oxygen atoms in total. The van der Waals surface area contributed by atoms with Gasteiger partial charge in [-0.15, -0.1) is 0 Å². The fourth-order valence-electron chi connectivity index (χ4n) is 6.59. The van der Waals surface area contributed by atoms with E-state index < -0.39 is 12.1 Å². The minimum atomic E-state index is -0.853. The van der Waals surface area contributed by atoms with Crippen LogP contribution in [-0.2, 0) is 4.79 Å². The van der Waals surface area contributed by atoms with E-state index in [4.69, 9.17) is 0 Å². The van der Waals surface area contributed by atoms with E-state index in [-0.39, 0.29) is 12.5 Å². The molecule has 3 aromatic rings. The molecule has 0 radical (unpaired) electrons. The molecule has 0 bridgehead atoms. The third-order valence-electron chi connectivity index (χ3n) is 9.62. The van der Waals surface area contributed by atoms with Gasteiger partial charge in [-0.3, -0.25) is 4.79 Å². The van der Waals surface area contributed by atoms with Gasteiger partial charge in [0.05, 0.1) is 18.8 Å². The quantitative estimate of drug-likeness (QED) is 0.0435. The average molecular weight is 656 g/mol. The Labute approximate surface area is 292 Å². The van der Waals surface area contributed by atoms with Crippen LogP contribution in [0.15, 0.2) is 72.8 Å². The van der Waals surface area contributed by atoms with Gasteiger partial charge in [0.25, 0.3) is 0 Å². The Morgan fingerprint density at radius 3 is 1.83 bits per heavy atom. The van der Waals surface area contributed by atoms with Crippen LogP contribution in [0.25, 0.3) is 27.6 Å². The van der Waals surface area contributed by atoms with Crippen molar-refractivity contribution in [1.29, 1.82) is 0 Å². The molecular formula is C44H65NO3. The maximum atomic E-state index is 12.4. The first-order valence-corrected chi connectivity index (χ1v) is 19.5. The average Bonchev–Trinajstić information content (AvgIpc) is 3.10. The highest BCUT2D eigenvalue weighted by Crippen LogP contribution is 2.26. The lowest BCUT2D eigenvalue weighted by Crippen LogP contribution is -2.45. The molecular weight excluding hydrogens is 590 g/mol. The first kappa shape index (κ1) is 39.5. The smallest absolute Gasteiger partial charge is 0.220 e. The largest absolute Gasteiger partial charge is 0.394 e. The second-order valence-corrected chi connectivity index (χ2v) is 13.8. The van der Waals surface area contributed by atoms with Gasteiger partial charge in [0.15, 0.2) is 0 Å². The third-order valence-corrected chi connectivity index (χ3v) is 9.62. The number of benzene rings is 3. The van der Waals surface area contributed by atoms with Crippen LogP contribution in [0.5, 0.6) is 0 Å². The Kier molecular flexibility index (Phi) is 20.6. The van der Waals surface area contributed by atoms with Crippen molar-refractivity contribution in [2.75, 3.05) is 6.61 Å². The minimum absolute atomic E-state index is 0.0852. The van der Waals surface area contributed by atoms with E-state index in [9.17, 15) is 15.0 Å². The maximum Gasteiger partial charge on any atom is 0.220 e. The molecule has 3 rings (SSSR count). The second-order valence-electron chi connectivity index (χ2n) is 13.8. The zero-order valence-electron chi connectivity index (χ0n) is 30.0. The highest BCUT2D eigenvalue weighted by atomic mass is 16.3. The van der Waals surface area contributed by atoms with Gasteiger partial charge >= 0.3 is 0 Å². The Balaban J connectivity index is 1.16. The zero-order valence-corrected chi connectivity index (χ0v) is 30.0. The molecule has 0 saturated heterocycles. The lowest BCUT2D eigenvalue weighted by molar-refractivity contribution is -0.123. The van der Waals surface area contributed by atoms with Crippen LogP contribution in [0.3, 0.4) is 0 Å². The van der Waals surface area contributed by atoms with Crippen molar-refractivity contribution in [3.63, 3.8) is 0 Å². The fourth-order valence-corrected chi connectivity index (χ4v) is 6.59. The van der Waals surface area contributed by atoms with Crippen LogP contribution >= 0.6 is 0 Å². The minimum Gasteiger partial charge on any atom is -0.394 e. The van der Waals surface area contributed by atoms with Crippen LogP contribution in [0, 0.1) is 0 Å². The van der Waals surface area contributed by atoms with Gasteiger partial charge in [0.1, 0.15) is 0 Å². The maximum absolute atomic E-state index is 12.4. The topological polar surface area (TPSA) is 69.6 Å². The van der Waals surface area contributed by atoms with Crippen molar-refractivity contribution in [1.82, 2.24) is 5.32 Å². The molecule has 3 N–H and O–H groups in total. The van der Waals surface area contributed by atoms with Gasteiger partial charge in [-0.25, -0.2) is 0 Å². The van der Waals surface area contributed by atoms with E-state index in [0.717, 1.165) is 38.5 Å². The number of amides is 1. The van der Waals surface area contributed by atoms with Crippen molar-refractivity contribution in [2.45, 2.75) is 154 Å². The molecule has 0 saturated carbocycles. The van der Waals surface area contributed by atoms with Crippen LogP contribution in [-0.4, -0.2) is 34.9 Å². The highest BCUT2D eigenvalue weighted by molar-refractivity contribution is 6.01. The van der Waals surface area contributed by atoms with E-state index in [1.54, 1.807) is 6.08 Å². The zero-order chi connectivity index (χ0) is 34.1. The van der Waals surface area contributed by atoms with Crippen molar-refractivity contribution in [2.24, 2.45) is 0 Å². The monoisotopic (exact) mass is 655 g/mol. The number of unbranched alkanes of at least 4 members (excludes halogenated alkanes) is 18. The summed E-state index contributed by atoms with van der Waals surface area (Å²) >= 11 is 0. The molecule has 0 aromatic heterocycles. The summed E-state index contributed by atoms with van der Waals surface area (Å²) in [5.41, 5.74) is 1.29. The molecule has 2 atom stereocenters. The number of aliphatic hydroxyl groups is 2. The van der Waals surface area contributed by atoms with Crippen LogP contribution < -0.4 is 5.32 Å². The van der Waals surface area contributed by atoms with Crippen molar-refractivity contribution < 1.29 is 15.0 Å². The van der Waals surface area contributed by atoms with Gasteiger partial charge in [0, 0.05) is 6.42 Å². The second kappa shape index (κ2) is 25.1. The molecule has 0 fully saturated rings. The van der Waals surface area contributed by atoms with E-state index in [2.05, 4.69) is 79.0 Å². The van der Waals surface area contributed by atoms with E-state index >= 15 is 0 Å². The first-order chi connectivity index (χ1) is 23.6. The Morgan fingerprint density at radius 1 is 0.667 bits per heavy atom. The van der Waals surface area contributed by atoms with Crippen molar-refractivity contribution >= 4 is 33.5 Å². The summed E-state index contributed by atoms with van der Waals surface area (Å²) in [7, 11) is 0. The molecule has 1 amide bonds. The summed E-state index contributed by atoms with van der Waals surface area (Å²) in [5.74, 6) is -0.0852. The SMILES string of the molecule is CCCCCCCCCCCCC/C=C/C(O)C(CO)NC(=O)CCCCCCCCC/C=C/c1cccc2cc3ccccc3cc12. The third kappa shape index (κ3) is 16.0. The summed E-state index contributed by atoms with van der Waals surface area (Å²) in [6.07, 6.45) is 32.3. The normalized spacial score (nSPS) is 13.2. The molecule has 264 valence electrons. The van der Waals surface area contributed by atoms with E-state index in [0.29, 0.717) is 6.42 Å². The van der Waals surface area contributed by atoms with Crippen LogP contribution in [0.4, 0.5) is 0 Å². The number of aliphatic hydroxyl groups excluding tert-OH is 2. The van der Waals surface area contributed by atoms with Gasteiger partial charge in [-0.05, 0) is 71.3 Å². The molecule has 0 aliphatic rings. The molecule has 0 spiro atoms. The molecule has 0 aliphatic heterocycles. The molecule has 0 heterocycles. The predicted octanol–water partition coefficient (Wildman–Crippen LogP) is 11.6. The lowest BCUT2D eigenvalue weighted by Gasteiger charge is -2.20. The summed E-state index contributed by atoms with van der Waals surface area (Å²) in [6, 6.07) is 19.1. The van der Waals surface area contributed by atoms with Crippen LogP contribution in [0.1, 0.15) is 147 Å². The Bertz CT molecular complexity index is 1350. The van der Waals surface area contributed by atoms with Gasteiger partial charge < -0.3 is 15.5 Å². The Morgan fingerprint density at radius 2 is 1.21 bits per heavy atom. The number of hydrogen-bond acceptors (Lipinski definition) is 3. The van der Waals surface area contributed by atoms with E-state index in [1.165, 1.54) is 117 Å². The molecule has 0 aliphatic carbocycles. The van der Waals surface area contributed by atoms with Crippen molar-refractivity contribution in [3.05, 3.63) is 78.4 Å². The number of fused-ring (bicyclic) bond motifs is 2. The number of carbonyl (C=O) groups is 1. The number of rotatable bonds is 27. The molecule has 2 unspecified atom stereocenters. The summed E-state index contributed by atoms with van der Waals surface area (Å²) in [6.45, 7) is 2.00. The number of allylic oxidation sites excluding steroid dienone is 2. The Hall–Kier alpha value is -2.95. The standard InChI is InChI=1S/C44H65NO3/c1-2-3-4-5-6-7-8-9-10-13-16-19-22-32-43(47)42(36-46)45-44(48)33-23-20-17-14-11-12-15-18-21-27-37-30-26-31-40-34-38-28-24-25-29-39(38)35-41(37)40/h21-22,24-32,34-35,42-43,46-47H,2-20,23,33,36H2,1H3,(H,45,48)/b27-21+,32-22+. The number of carbonyl (C=O) groups excluding carboxylic acids is 1. The van der Waals surface area contributed by atoms with Crippen molar-refractivity contribution in [3.8, 4) is 0 Å². The summed E-state index contributed by atoms with van der Waals surface area (Å²) in [5, 5.41) is 28.2. The highest BCUT2D eigenvalue weighted by Gasteiger charge is 2.18. The van der Waals surface area contributed by atoms with Gasteiger partial charge in [0.2, 0.25) is 5.91 Å². The molecule has 3 aromatic carbocycles.